The molecule has 0 aromatic heterocycles. The number of likely N-dealkylation sites (N-methyl/N-ethyl adjacent to an activating group) is 2. The average Bonchev–Trinajstić information content (AvgIpc) is 2.49. The molecule has 1 fully saturated rings. The van der Waals surface area contributed by atoms with Gasteiger partial charge in [0.05, 0.1) is 6.04 Å². The molecule has 0 N–H and O–H groups in total. The molecule has 1 saturated heterocycles. The number of hydrogen-bond acceptors (Lipinski definition) is 3. The van der Waals surface area contributed by atoms with E-state index in [1.54, 1.807) is 6.07 Å². The fourth-order valence-electron chi connectivity index (χ4n) is 2.63. The smallest absolute Gasteiger partial charge is 0.181 e. The van der Waals surface area contributed by atoms with Crippen molar-refractivity contribution in [3.05, 3.63) is 35.1 Å². The molecule has 19 heavy (non-hydrogen) atoms. The summed E-state index contributed by atoms with van der Waals surface area (Å²) in [5, 5.41) is 0. The summed E-state index contributed by atoms with van der Waals surface area (Å²) in [4.78, 5) is 16.8. The van der Waals surface area contributed by atoms with Gasteiger partial charge in [-0.3, -0.25) is 9.69 Å². The zero-order valence-corrected chi connectivity index (χ0v) is 11.8. The second-order valence-electron chi connectivity index (χ2n) is 5.49. The van der Waals surface area contributed by atoms with E-state index in [0.29, 0.717) is 12.1 Å². The van der Waals surface area contributed by atoms with Crippen molar-refractivity contribution in [3.8, 4) is 0 Å². The highest BCUT2D eigenvalue weighted by Crippen LogP contribution is 2.15. The number of hydrogen-bond donors (Lipinski definition) is 0. The minimum atomic E-state index is -0.340. The average molecular weight is 264 g/mol. The second-order valence-corrected chi connectivity index (χ2v) is 5.49. The number of aryl methyl sites for hydroxylation is 1. The number of benzene rings is 1. The molecule has 1 atom stereocenters. The van der Waals surface area contributed by atoms with E-state index in [-0.39, 0.29) is 17.6 Å². The second kappa shape index (κ2) is 5.80. The Morgan fingerprint density at radius 3 is 2.68 bits per heavy atom. The summed E-state index contributed by atoms with van der Waals surface area (Å²) in [7, 11) is 3.99. The van der Waals surface area contributed by atoms with Gasteiger partial charge in [-0.05, 0) is 64.3 Å². The fourth-order valence-corrected chi connectivity index (χ4v) is 2.63. The Hall–Kier alpha value is -1.26. The molecular weight excluding hydrogens is 243 g/mol. The van der Waals surface area contributed by atoms with Gasteiger partial charge in [0, 0.05) is 12.1 Å². The quantitative estimate of drug-likeness (QED) is 0.763. The zero-order valence-electron chi connectivity index (χ0n) is 11.8. The zero-order chi connectivity index (χ0) is 14.0. The Labute approximate surface area is 114 Å². The minimum absolute atomic E-state index is 0.0128. The van der Waals surface area contributed by atoms with Crippen molar-refractivity contribution in [2.24, 2.45) is 0 Å². The van der Waals surface area contributed by atoms with Crippen LogP contribution in [0.25, 0.3) is 0 Å². The molecule has 2 rings (SSSR count). The van der Waals surface area contributed by atoms with E-state index in [9.17, 15) is 9.18 Å². The van der Waals surface area contributed by atoms with Crippen molar-refractivity contribution in [3.63, 3.8) is 0 Å². The number of carbonyl (C=O) groups excluding carboxylic acids is 1. The Morgan fingerprint density at radius 2 is 2.00 bits per heavy atom. The van der Waals surface area contributed by atoms with Crippen molar-refractivity contribution < 1.29 is 9.18 Å². The molecule has 1 heterocycles. The maximum Gasteiger partial charge on any atom is 0.181 e. The summed E-state index contributed by atoms with van der Waals surface area (Å²) in [6.45, 7) is 4.40. The normalized spacial score (nSPS) is 22.2. The molecule has 0 radical (unpaired) electrons. The molecule has 0 saturated carbocycles. The van der Waals surface area contributed by atoms with Crippen molar-refractivity contribution in [1.82, 2.24) is 9.80 Å². The van der Waals surface area contributed by atoms with E-state index >= 15 is 0 Å². The lowest BCUT2D eigenvalue weighted by atomic mass is 10.0. The van der Waals surface area contributed by atoms with Gasteiger partial charge in [0.2, 0.25) is 0 Å². The molecular formula is C15H21FN2O. The van der Waals surface area contributed by atoms with Crippen LogP contribution >= 0.6 is 0 Å². The molecule has 0 aliphatic carbocycles. The van der Waals surface area contributed by atoms with E-state index in [2.05, 4.69) is 9.80 Å². The molecule has 104 valence electrons. The van der Waals surface area contributed by atoms with E-state index in [0.717, 1.165) is 25.1 Å². The highest BCUT2D eigenvalue weighted by molar-refractivity contribution is 6.00. The van der Waals surface area contributed by atoms with Crippen LogP contribution in [-0.2, 0) is 0 Å². The Kier molecular flexibility index (Phi) is 4.32. The summed E-state index contributed by atoms with van der Waals surface area (Å²) in [6, 6.07) is 4.37. The third kappa shape index (κ3) is 3.39. The Morgan fingerprint density at radius 1 is 1.26 bits per heavy atom. The van der Waals surface area contributed by atoms with Gasteiger partial charge in [-0.15, -0.1) is 0 Å². The largest absolute Gasteiger partial charge is 0.304 e. The van der Waals surface area contributed by atoms with Crippen LogP contribution in [0.3, 0.4) is 0 Å². The van der Waals surface area contributed by atoms with Gasteiger partial charge in [-0.1, -0.05) is 0 Å². The monoisotopic (exact) mass is 264 g/mol. The maximum absolute atomic E-state index is 13.4. The van der Waals surface area contributed by atoms with Crippen LogP contribution in [-0.4, -0.2) is 55.4 Å². The van der Waals surface area contributed by atoms with Crippen LogP contribution in [0.15, 0.2) is 18.2 Å². The predicted octanol–water partition coefficient (Wildman–Crippen LogP) is 1.95. The minimum Gasteiger partial charge on any atom is -0.304 e. The molecule has 0 bridgehead atoms. The molecule has 0 spiro atoms. The molecule has 1 aromatic rings. The topological polar surface area (TPSA) is 23.6 Å². The van der Waals surface area contributed by atoms with Gasteiger partial charge in [0.15, 0.2) is 5.78 Å². The number of halogens is 1. The Balaban J connectivity index is 2.25. The molecule has 4 heteroatoms. The summed E-state index contributed by atoms with van der Waals surface area (Å²) in [6.07, 6.45) is 1.05. The lowest BCUT2D eigenvalue weighted by Gasteiger charge is -2.26. The predicted molar refractivity (Wildman–Crippen MR) is 74.0 cm³/mol. The van der Waals surface area contributed by atoms with E-state index in [4.69, 9.17) is 0 Å². The van der Waals surface area contributed by atoms with Crippen molar-refractivity contribution in [2.45, 2.75) is 19.4 Å². The summed E-state index contributed by atoms with van der Waals surface area (Å²) in [5.74, 6) is -0.327. The number of carbonyl (C=O) groups is 1. The summed E-state index contributed by atoms with van der Waals surface area (Å²) >= 11 is 0. The highest BCUT2D eigenvalue weighted by Gasteiger charge is 2.28. The first kappa shape index (κ1) is 14.2. The van der Waals surface area contributed by atoms with Crippen LogP contribution < -0.4 is 0 Å². The maximum atomic E-state index is 13.4. The number of rotatable bonds is 2. The Bertz CT molecular complexity index is 455. The molecule has 1 aliphatic rings. The van der Waals surface area contributed by atoms with Crippen LogP contribution in [0, 0.1) is 12.7 Å². The molecule has 1 aliphatic heterocycles. The van der Waals surface area contributed by atoms with Gasteiger partial charge in [-0.25, -0.2) is 4.39 Å². The van der Waals surface area contributed by atoms with Crippen LogP contribution in [0.1, 0.15) is 22.3 Å². The summed E-state index contributed by atoms with van der Waals surface area (Å²) < 4.78 is 13.4. The van der Waals surface area contributed by atoms with Crippen molar-refractivity contribution in [1.29, 1.82) is 0 Å². The van der Waals surface area contributed by atoms with Crippen LogP contribution in [0.5, 0.6) is 0 Å². The van der Waals surface area contributed by atoms with Gasteiger partial charge in [0.25, 0.3) is 0 Å². The fraction of sp³-hybridized carbons (Fsp3) is 0.533. The van der Waals surface area contributed by atoms with Crippen LogP contribution in [0.4, 0.5) is 4.39 Å². The van der Waals surface area contributed by atoms with Crippen LogP contribution in [0.2, 0.25) is 0 Å². The lowest BCUT2D eigenvalue weighted by molar-refractivity contribution is 0.0839. The number of nitrogens with zero attached hydrogens (tertiary/aromatic N) is 2. The molecule has 0 amide bonds. The third-order valence-corrected chi connectivity index (χ3v) is 3.70. The standard InChI is InChI=1S/C15H21FN2O/c1-11-7-12(9-13(16)8-11)15(19)14-10-17(2)5-4-6-18(14)3/h7-9,14H,4-6,10H2,1-3H3. The lowest BCUT2D eigenvalue weighted by Crippen LogP contribution is -2.43. The number of ketones is 1. The molecule has 3 nitrogen and oxygen atoms in total. The van der Waals surface area contributed by atoms with Gasteiger partial charge in [-0.2, -0.15) is 0 Å². The van der Waals surface area contributed by atoms with E-state index in [1.165, 1.54) is 12.1 Å². The van der Waals surface area contributed by atoms with Crippen molar-refractivity contribution in [2.75, 3.05) is 33.7 Å². The van der Waals surface area contributed by atoms with E-state index in [1.807, 2.05) is 21.0 Å². The third-order valence-electron chi connectivity index (χ3n) is 3.70. The first-order valence-corrected chi connectivity index (χ1v) is 6.67. The molecule has 1 aromatic carbocycles. The highest BCUT2D eigenvalue weighted by atomic mass is 19.1. The van der Waals surface area contributed by atoms with Gasteiger partial charge >= 0.3 is 0 Å². The van der Waals surface area contributed by atoms with E-state index < -0.39 is 0 Å². The first-order chi connectivity index (χ1) is 8.97. The SMILES string of the molecule is Cc1cc(F)cc(C(=O)C2CN(C)CCCN2C)c1. The van der Waals surface area contributed by atoms with Crippen molar-refractivity contribution >= 4 is 5.78 Å². The first-order valence-electron chi connectivity index (χ1n) is 6.67. The number of Topliss-reactive ketones (excluding diaryl/α,β-unsaturated/α-hetero) is 1. The molecule has 1 unspecified atom stereocenters. The van der Waals surface area contributed by atoms with Gasteiger partial charge < -0.3 is 4.90 Å². The summed E-state index contributed by atoms with van der Waals surface area (Å²) in [5.41, 5.74) is 1.26. The van der Waals surface area contributed by atoms with Gasteiger partial charge in [0.1, 0.15) is 5.82 Å².